The van der Waals surface area contributed by atoms with Crippen molar-refractivity contribution in [3.8, 4) is 44.5 Å². The molecule has 0 unspecified atom stereocenters. The molecule has 0 spiro atoms. The summed E-state index contributed by atoms with van der Waals surface area (Å²) in [5.74, 6) is 0. The predicted molar refractivity (Wildman–Crippen MR) is 310 cm³/mol. The van der Waals surface area contributed by atoms with Crippen molar-refractivity contribution in [3.63, 3.8) is 0 Å². The first-order chi connectivity index (χ1) is 36.7. The third-order valence-corrected chi connectivity index (χ3v) is 14.4. The average Bonchev–Trinajstić information content (AvgIpc) is 4.06. The number of nitrogens with zero attached hydrogens (tertiary/aromatic N) is 2. The summed E-state index contributed by atoms with van der Waals surface area (Å²) in [6.07, 6.45) is 0. The van der Waals surface area contributed by atoms with Gasteiger partial charge in [-0.25, -0.2) is 0 Å². The van der Waals surface area contributed by atoms with E-state index in [1.54, 1.807) is 0 Å². The summed E-state index contributed by atoms with van der Waals surface area (Å²) in [5.41, 5.74) is 18.4. The molecule has 0 atom stereocenters. The normalized spacial score (nSPS) is 11.5. The minimum atomic E-state index is 0.825. The summed E-state index contributed by atoms with van der Waals surface area (Å²) in [6.45, 7) is 0. The first kappa shape index (κ1) is 42.9. The van der Waals surface area contributed by atoms with Gasteiger partial charge in [0.2, 0.25) is 0 Å². The lowest BCUT2D eigenvalue weighted by Crippen LogP contribution is -2.14. The zero-order valence-electron chi connectivity index (χ0n) is 40.3. The van der Waals surface area contributed by atoms with E-state index in [0.29, 0.717) is 0 Å². The maximum atomic E-state index is 6.69. The molecule has 12 aromatic carbocycles. The van der Waals surface area contributed by atoms with Crippen molar-refractivity contribution < 1.29 is 8.83 Å². The fourth-order valence-electron chi connectivity index (χ4n) is 11.2. The topological polar surface area (TPSA) is 32.8 Å². The number of rotatable bonds is 10. The molecule has 2 heterocycles. The highest BCUT2D eigenvalue weighted by atomic mass is 16.3. The van der Waals surface area contributed by atoms with E-state index in [1.807, 2.05) is 12.1 Å². The largest absolute Gasteiger partial charge is 0.456 e. The molecule has 74 heavy (non-hydrogen) atoms. The van der Waals surface area contributed by atoms with Crippen molar-refractivity contribution in [2.24, 2.45) is 0 Å². The highest BCUT2D eigenvalue weighted by Crippen LogP contribution is 2.53. The van der Waals surface area contributed by atoms with Crippen molar-refractivity contribution in [3.05, 3.63) is 279 Å². The molecule has 14 rings (SSSR count). The van der Waals surface area contributed by atoms with Gasteiger partial charge in [-0.2, -0.15) is 0 Å². The summed E-state index contributed by atoms with van der Waals surface area (Å²) < 4.78 is 13.4. The summed E-state index contributed by atoms with van der Waals surface area (Å²) in [7, 11) is 0. The number of benzene rings is 12. The van der Waals surface area contributed by atoms with Crippen molar-refractivity contribution in [2.45, 2.75) is 0 Å². The molecule has 0 aliphatic heterocycles. The Labute approximate surface area is 428 Å². The van der Waals surface area contributed by atoms with E-state index in [9.17, 15) is 0 Å². The predicted octanol–water partition coefficient (Wildman–Crippen LogP) is 20.2. The lowest BCUT2D eigenvalue weighted by Gasteiger charge is -2.32. The van der Waals surface area contributed by atoms with Crippen LogP contribution in [0.5, 0.6) is 0 Å². The molecular formula is C70H46N2O2. The molecule has 0 fully saturated rings. The lowest BCUT2D eigenvalue weighted by atomic mass is 9.88. The quantitative estimate of drug-likeness (QED) is 0.137. The van der Waals surface area contributed by atoms with Gasteiger partial charge in [-0.3, -0.25) is 0 Å². The molecule has 14 aromatic rings. The SMILES string of the molecule is c1ccc(-c2ccccc2N(c2cc(-c3ccccc3)c3c(-c4ccccc4)ccc(N(c4ccccc4-c4ccccc4)c4cccc5oc6ccccc6c45)c3c2)c2cccc3oc4ccccc4c23)cc1. The second-order valence-corrected chi connectivity index (χ2v) is 18.7. The number of hydrogen-bond acceptors (Lipinski definition) is 4. The van der Waals surface area contributed by atoms with Crippen molar-refractivity contribution in [1.29, 1.82) is 0 Å². The van der Waals surface area contributed by atoms with E-state index in [2.05, 4.69) is 277 Å². The van der Waals surface area contributed by atoms with Crippen molar-refractivity contribution in [2.75, 3.05) is 9.80 Å². The Balaban J connectivity index is 1.17. The van der Waals surface area contributed by atoms with Crippen LogP contribution in [0.3, 0.4) is 0 Å². The molecule has 0 bridgehead atoms. The van der Waals surface area contributed by atoms with Gasteiger partial charge in [-0.15, -0.1) is 0 Å². The van der Waals surface area contributed by atoms with Gasteiger partial charge in [0.25, 0.3) is 0 Å². The monoisotopic (exact) mass is 946 g/mol. The zero-order chi connectivity index (χ0) is 49.0. The van der Waals surface area contributed by atoms with Gasteiger partial charge in [0.05, 0.1) is 39.2 Å². The minimum Gasteiger partial charge on any atom is -0.456 e. The van der Waals surface area contributed by atoms with Crippen LogP contribution >= 0.6 is 0 Å². The fraction of sp³-hybridized carbons (Fsp3) is 0. The highest BCUT2D eigenvalue weighted by Gasteiger charge is 2.28. The van der Waals surface area contributed by atoms with Gasteiger partial charge in [0.15, 0.2) is 0 Å². The van der Waals surface area contributed by atoms with Crippen LogP contribution in [0.25, 0.3) is 99.2 Å². The third kappa shape index (κ3) is 7.23. The molecule has 0 aliphatic rings. The summed E-state index contributed by atoms with van der Waals surface area (Å²) in [6, 6.07) is 99.9. The van der Waals surface area contributed by atoms with Gasteiger partial charge in [-0.1, -0.05) is 212 Å². The molecule has 348 valence electrons. The minimum absolute atomic E-state index is 0.825. The second kappa shape index (κ2) is 18.1. The zero-order valence-corrected chi connectivity index (χ0v) is 40.3. The van der Waals surface area contributed by atoms with Gasteiger partial charge < -0.3 is 18.6 Å². The summed E-state index contributed by atoms with van der Waals surface area (Å²) in [4.78, 5) is 4.94. The molecule has 2 aromatic heterocycles. The van der Waals surface area contributed by atoms with Crippen LogP contribution in [0.15, 0.2) is 288 Å². The Hall–Kier alpha value is -9.90. The Morgan fingerprint density at radius 2 is 0.608 bits per heavy atom. The number of para-hydroxylation sites is 4. The van der Waals surface area contributed by atoms with Crippen molar-refractivity contribution in [1.82, 2.24) is 0 Å². The third-order valence-electron chi connectivity index (χ3n) is 14.4. The smallest absolute Gasteiger partial charge is 0.137 e. The van der Waals surface area contributed by atoms with Gasteiger partial charge >= 0.3 is 0 Å². The van der Waals surface area contributed by atoms with Crippen LogP contribution in [0.4, 0.5) is 34.1 Å². The van der Waals surface area contributed by atoms with E-state index < -0.39 is 0 Å². The van der Waals surface area contributed by atoms with Crippen LogP contribution in [0.2, 0.25) is 0 Å². The van der Waals surface area contributed by atoms with Crippen molar-refractivity contribution >= 4 is 88.8 Å². The average molecular weight is 947 g/mol. The van der Waals surface area contributed by atoms with Crippen LogP contribution in [0, 0.1) is 0 Å². The number of hydrogen-bond donors (Lipinski definition) is 0. The Morgan fingerprint density at radius 1 is 0.216 bits per heavy atom. The molecule has 4 heteroatoms. The van der Waals surface area contributed by atoms with Crippen LogP contribution in [-0.4, -0.2) is 0 Å². The summed E-state index contributed by atoms with van der Waals surface area (Å²) in [5, 5.41) is 6.41. The van der Waals surface area contributed by atoms with Gasteiger partial charge in [-0.05, 0) is 105 Å². The Kier molecular flexibility index (Phi) is 10.5. The molecule has 0 amide bonds. The van der Waals surface area contributed by atoms with E-state index in [0.717, 1.165) is 133 Å². The molecule has 4 nitrogen and oxygen atoms in total. The van der Waals surface area contributed by atoms with Gasteiger partial charge in [0, 0.05) is 33.0 Å². The second-order valence-electron chi connectivity index (χ2n) is 18.7. The molecule has 0 radical (unpaired) electrons. The Morgan fingerprint density at radius 3 is 1.14 bits per heavy atom. The maximum absolute atomic E-state index is 6.69. The molecular weight excluding hydrogens is 901 g/mol. The number of anilines is 6. The first-order valence-corrected chi connectivity index (χ1v) is 25.2. The standard InChI is InChI=1S/C70H46N2O2/c1-5-23-47(24-6-1)52-31-13-17-35-59(52)71(62-37-21-41-66-69(62)55-33-15-19-39-64(55)73-66)51-45-57(50-29-11-4-12-30-50)68-54(49-27-9-3-10-28-49)43-44-61(58(68)46-51)72(60-36-18-14-32-53(60)48-25-7-2-8-26-48)63-38-22-42-67-70(63)56-34-16-20-40-65(56)74-67/h1-46H. The highest BCUT2D eigenvalue weighted by molar-refractivity contribution is 6.20. The van der Waals surface area contributed by atoms with Gasteiger partial charge in [0.1, 0.15) is 22.3 Å². The summed E-state index contributed by atoms with van der Waals surface area (Å²) >= 11 is 0. The van der Waals surface area contributed by atoms with E-state index >= 15 is 0 Å². The first-order valence-electron chi connectivity index (χ1n) is 25.2. The van der Waals surface area contributed by atoms with Crippen LogP contribution < -0.4 is 9.80 Å². The lowest BCUT2D eigenvalue weighted by molar-refractivity contribution is 0.668. The van der Waals surface area contributed by atoms with E-state index in [1.165, 1.54) is 0 Å². The maximum Gasteiger partial charge on any atom is 0.137 e. The number of furan rings is 2. The number of fused-ring (bicyclic) bond motifs is 7. The molecule has 0 saturated carbocycles. The van der Waals surface area contributed by atoms with Crippen LogP contribution in [0.1, 0.15) is 0 Å². The molecule has 0 N–H and O–H groups in total. The van der Waals surface area contributed by atoms with E-state index in [4.69, 9.17) is 8.83 Å². The van der Waals surface area contributed by atoms with E-state index in [-0.39, 0.29) is 0 Å². The van der Waals surface area contributed by atoms with Crippen LogP contribution in [-0.2, 0) is 0 Å². The fourth-order valence-corrected chi connectivity index (χ4v) is 11.2. The molecule has 0 aliphatic carbocycles. The Bertz CT molecular complexity index is 4370. The molecule has 0 saturated heterocycles.